The van der Waals surface area contributed by atoms with Crippen LogP contribution in [0.15, 0.2) is 24.5 Å². The lowest BCUT2D eigenvalue weighted by Gasteiger charge is -2.16. The van der Waals surface area contributed by atoms with Gasteiger partial charge < -0.3 is 15.8 Å². The van der Waals surface area contributed by atoms with Crippen molar-refractivity contribution in [3.63, 3.8) is 0 Å². The first-order valence-corrected chi connectivity index (χ1v) is 4.22. The lowest BCUT2D eigenvalue weighted by molar-refractivity contribution is 0.187. The van der Waals surface area contributed by atoms with E-state index in [2.05, 4.69) is 10.3 Å². The topological polar surface area (TPSA) is 60.2 Å². The molecule has 1 aromatic rings. The van der Waals surface area contributed by atoms with Gasteiger partial charge in [0.25, 0.3) is 0 Å². The summed E-state index contributed by atoms with van der Waals surface area (Å²) < 4.78 is 5.01. The van der Waals surface area contributed by atoms with Crippen molar-refractivity contribution in [3.05, 3.63) is 24.5 Å². The molecular weight excluding hydrogens is 166 g/mol. The number of hydrogen-bond acceptors (Lipinski definition) is 4. The minimum absolute atomic E-state index is 0.160. The van der Waals surface area contributed by atoms with Gasteiger partial charge in [-0.1, -0.05) is 0 Å². The smallest absolute Gasteiger partial charge is 0.0676 e. The highest BCUT2D eigenvalue weighted by Gasteiger charge is 2.04. The van der Waals surface area contributed by atoms with Crippen LogP contribution in [0, 0.1) is 0 Å². The molecule has 0 radical (unpaired) electrons. The molecule has 0 amide bonds. The summed E-state index contributed by atoms with van der Waals surface area (Å²) in [6.45, 7) is 1.16. The van der Waals surface area contributed by atoms with E-state index in [9.17, 15) is 0 Å². The molecule has 4 nitrogen and oxygen atoms in total. The molecule has 13 heavy (non-hydrogen) atoms. The molecule has 0 saturated heterocycles. The van der Waals surface area contributed by atoms with E-state index in [-0.39, 0.29) is 6.04 Å². The number of aromatic nitrogens is 1. The lowest BCUT2D eigenvalue weighted by atomic mass is 10.3. The summed E-state index contributed by atoms with van der Waals surface area (Å²) in [4.78, 5) is 3.92. The number of rotatable bonds is 5. The molecule has 4 heteroatoms. The molecule has 0 aromatic carbocycles. The minimum atomic E-state index is 0.160. The lowest BCUT2D eigenvalue weighted by Crippen LogP contribution is -2.32. The van der Waals surface area contributed by atoms with Crippen molar-refractivity contribution in [2.45, 2.75) is 6.04 Å². The van der Waals surface area contributed by atoms with Gasteiger partial charge in [0.05, 0.1) is 12.6 Å². The van der Waals surface area contributed by atoms with Gasteiger partial charge in [0.2, 0.25) is 0 Å². The Morgan fingerprint density at radius 3 is 2.77 bits per heavy atom. The zero-order chi connectivity index (χ0) is 9.52. The van der Waals surface area contributed by atoms with Crippen LogP contribution >= 0.6 is 0 Å². The van der Waals surface area contributed by atoms with Crippen molar-refractivity contribution in [1.29, 1.82) is 0 Å². The fourth-order valence-corrected chi connectivity index (χ4v) is 1.05. The first-order chi connectivity index (χ1) is 6.36. The second kappa shape index (κ2) is 5.50. The Kier molecular flexibility index (Phi) is 4.21. The number of pyridine rings is 1. The third kappa shape index (κ3) is 3.40. The first-order valence-electron chi connectivity index (χ1n) is 4.22. The molecule has 0 saturated carbocycles. The highest BCUT2D eigenvalue weighted by Crippen LogP contribution is 2.04. The van der Waals surface area contributed by atoms with E-state index in [1.807, 2.05) is 12.1 Å². The summed E-state index contributed by atoms with van der Waals surface area (Å²) >= 11 is 0. The van der Waals surface area contributed by atoms with E-state index >= 15 is 0 Å². The maximum atomic E-state index is 5.55. The SMILES string of the molecule is COCC(CN)Nc1ccncc1. The number of nitrogens with one attached hydrogen (secondary N) is 1. The molecule has 1 aromatic heterocycles. The molecule has 0 bridgehead atoms. The van der Waals surface area contributed by atoms with E-state index in [0.717, 1.165) is 5.69 Å². The van der Waals surface area contributed by atoms with Gasteiger partial charge in [-0.05, 0) is 12.1 Å². The third-order valence-corrected chi connectivity index (χ3v) is 1.70. The Morgan fingerprint density at radius 2 is 2.23 bits per heavy atom. The van der Waals surface area contributed by atoms with Gasteiger partial charge in [-0.15, -0.1) is 0 Å². The Hall–Kier alpha value is -1.13. The van der Waals surface area contributed by atoms with Gasteiger partial charge in [0, 0.05) is 31.7 Å². The van der Waals surface area contributed by atoms with Crippen molar-refractivity contribution < 1.29 is 4.74 Å². The fourth-order valence-electron chi connectivity index (χ4n) is 1.05. The van der Waals surface area contributed by atoms with Crippen LogP contribution < -0.4 is 11.1 Å². The summed E-state index contributed by atoms with van der Waals surface area (Å²) in [7, 11) is 1.66. The zero-order valence-corrected chi connectivity index (χ0v) is 7.73. The van der Waals surface area contributed by atoms with Crippen LogP contribution in [0.1, 0.15) is 0 Å². The van der Waals surface area contributed by atoms with Gasteiger partial charge in [0.15, 0.2) is 0 Å². The molecule has 0 aliphatic rings. The Labute approximate surface area is 78.1 Å². The molecular formula is C9H15N3O. The molecule has 0 spiro atoms. The molecule has 72 valence electrons. The van der Waals surface area contributed by atoms with E-state index in [0.29, 0.717) is 13.2 Å². The summed E-state index contributed by atoms with van der Waals surface area (Å²) in [5.74, 6) is 0. The van der Waals surface area contributed by atoms with Gasteiger partial charge in [-0.2, -0.15) is 0 Å². The molecule has 1 rings (SSSR count). The van der Waals surface area contributed by atoms with Crippen molar-refractivity contribution >= 4 is 5.69 Å². The first kappa shape index (κ1) is 9.95. The number of nitrogens with two attached hydrogens (primary N) is 1. The van der Waals surface area contributed by atoms with Gasteiger partial charge in [-0.25, -0.2) is 0 Å². The number of anilines is 1. The van der Waals surface area contributed by atoms with Crippen molar-refractivity contribution in [2.75, 3.05) is 25.6 Å². The molecule has 3 N–H and O–H groups in total. The minimum Gasteiger partial charge on any atom is -0.383 e. The van der Waals surface area contributed by atoms with Gasteiger partial charge in [-0.3, -0.25) is 4.98 Å². The van der Waals surface area contributed by atoms with Crippen LogP contribution in [0.4, 0.5) is 5.69 Å². The standard InChI is InChI=1S/C9H15N3O/c1-13-7-9(6-10)12-8-2-4-11-5-3-8/h2-5,9H,6-7,10H2,1H3,(H,11,12). The fraction of sp³-hybridized carbons (Fsp3) is 0.444. The zero-order valence-electron chi connectivity index (χ0n) is 7.73. The number of hydrogen-bond donors (Lipinski definition) is 2. The summed E-state index contributed by atoms with van der Waals surface area (Å²) in [5, 5.41) is 3.24. The highest BCUT2D eigenvalue weighted by atomic mass is 16.5. The number of nitrogens with zero attached hydrogens (tertiary/aromatic N) is 1. The van der Waals surface area contributed by atoms with Crippen LogP contribution in [-0.2, 0) is 4.74 Å². The van der Waals surface area contributed by atoms with Gasteiger partial charge >= 0.3 is 0 Å². The summed E-state index contributed by atoms with van der Waals surface area (Å²) in [6.07, 6.45) is 3.48. The summed E-state index contributed by atoms with van der Waals surface area (Å²) in [6, 6.07) is 3.96. The Balaban J connectivity index is 2.46. The Bertz CT molecular complexity index is 228. The van der Waals surface area contributed by atoms with Gasteiger partial charge in [0.1, 0.15) is 0 Å². The monoisotopic (exact) mass is 181 g/mol. The second-order valence-electron chi connectivity index (χ2n) is 2.77. The van der Waals surface area contributed by atoms with E-state index < -0.39 is 0 Å². The van der Waals surface area contributed by atoms with Crippen molar-refractivity contribution in [1.82, 2.24) is 4.98 Å². The van der Waals surface area contributed by atoms with Crippen LogP contribution in [0.2, 0.25) is 0 Å². The molecule has 0 aliphatic heterocycles. The number of methoxy groups -OCH3 is 1. The van der Waals surface area contributed by atoms with Crippen molar-refractivity contribution in [3.8, 4) is 0 Å². The van der Waals surface area contributed by atoms with E-state index in [1.54, 1.807) is 19.5 Å². The summed E-state index contributed by atoms with van der Waals surface area (Å²) in [5.41, 5.74) is 6.56. The second-order valence-corrected chi connectivity index (χ2v) is 2.77. The van der Waals surface area contributed by atoms with Crippen LogP contribution in [0.3, 0.4) is 0 Å². The predicted octanol–water partition coefficient (Wildman–Crippen LogP) is 0.467. The molecule has 0 fully saturated rings. The Morgan fingerprint density at radius 1 is 1.54 bits per heavy atom. The quantitative estimate of drug-likeness (QED) is 0.693. The molecule has 1 heterocycles. The number of ether oxygens (including phenoxy) is 1. The molecule has 1 unspecified atom stereocenters. The normalized spacial score (nSPS) is 12.5. The molecule has 0 aliphatic carbocycles. The molecule has 1 atom stereocenters. The van der Waals surface area contributed by atoms with Crippen molar-refractivity contribution in [2.24, 2.45) is 5.73 Å². The third-order valence-electron chi connectivity index (χ3n) is 1.70. The van der Waals surface area contributed by atoms with E-state index in [4.69, 9.17) is 10.5 Å². The van der Waals surface area contributed by atoms with E-state index in [1.165, 1.54) is 0 Å². The van der Waals surface area contributed by atoms with Crippen LogP contribution in [0.5, 0.6) is 0 Å². The maximum absolute atomic E-state index is 5.55. The van der Waals surface area contributed by atoms with Crippen LogP contribution in [0.25, 0.3) is 0 Å². The predicted molar refractivity (Wildman–Crippen MR) is 52.6 cm³/mol. The largest absolute Gasteiger partial charge is 0.383 e. The maximum Gasteiger partial charge on any atom is 0.0676 e. The average Bonchev–Trinajstić information content (AvgIpc) is 2.19. The highest BCUT2D eigenvalue weighted by molar-refractivity contribution is 5.41. The van der Waals surface area contributed by atoms with Crippen LogP contribution in [-0.4, -0.2) is 31.3 Å². The average molecular weight is 181 g/mol.